The molecule has 0 saturated carbocycles. The number of para-hydroxylation sites is 7. The maximum atomic E-state index is 6.83. The number of benzene rings is 13. The minimum absolute atomic E-state index is 0.176. The van der Waals surface area contributed by atoms with Crippen LogP contribution in [0.15, 0.2) is 317 Å². The molecule has 0 atom stereocenters. The lowest BCUT2D eigenvalue weighted by Gasteiger charge is -2.46. The zero-order valence-electron chi connectivity index (χ0n) is 54.0. The number of nitrogens with zero attached hydrogens (tertiary/aromatic N) is 4. The van der Waals surface area contributed by atoms with E-state index in [1.54, 1.807) is 0 Å². The monoisotopic (exact) mass is 1240 g/mol. The van der Waals surface area contributed by atoms with Gasteiger partial charge in [0.1, 0.15) is 34.0 Å². The maximum absolute atomic E-state index is 6.83. The topological polar surface area (TPSA) is 52.4 Å². The van der Waals surface area contributed by atoms with E-state index in [0.717, 1.165) is 146 Å². The first-order valence-electron chi connectivity index (χ1n) is 33.1. The first kappa shape index (κ1) is 56.7. The second kappa shape index (κ2) is 22.4. The zero-order chi connectivity index (χ0) is 64.3. The Balaban J connectivity index is 0.910. The number of rotatable bonds is 11. The van der Waals surface area contributed by atoms with E-state index in [2.05, 4.69) is 321 Å². The Kier molecular flexibility index (Phi) is 13.2. The van der Waals surface area contributed by atoms with Gasteiger partial charge < -0.3 is 32.9 Å². The Morgan fingerprint density at radius 2 is 0.781 bits per heavy atom. The molecule has 0 spiro atoms. The standard InChI is InChI=1S/C88H65BN4O3/c1-56-22-21-23-57(2)87(56)93-77-53-71(91(69-31-13-8-14-32-69)70-40-38-58-44-63(37-36-59(58)46-70)83-49-60-24-15-18-33-80(60)94-83)41-42-74(77)89-75-52-66(88(3,4)5)39-43-76(75)92(78-54-73(55-79(93)86(78)89)90(67-27-9-6-10-28-67)68-29-11-7-12-30-68)72-47-64(84-50-61-25-16-19-34-81(61)95-84)45-65(48-72)85-51-62-26-17-20-35-82(62)96-85/h6-55H,1-5H3. The first-order valence-corrected chi connectivity index (χ1v) is 33.1. The highest BCUT2D eigenvalue weighted by molar-refractivity contribution is 7.00. The van der Waals surface area contributed by atoms with Gasteiger partial charge in [-0.1, -0.05) is 185 Å². The van der Waals surface area contributed by atoms with E-state index < -0.39 is 0 Å². The van der Waals surface area contributed by atoms with Crippen LogP contribution in [0.25, 0.3) is 77.7 Å². The molecule has 0 bridgehead atoms. The third-order valence-corrected chi connectivity index (χ3v) is 19.5. The van der Waals surface area contributed by atoms with Gasteiger partial charge in [-0.2, -0.15) is 0 Å². The van der Waals surface area contributed by atoms with E-state index in [-0.39, 0.29) is 12.1 Å². The molecule has 96 heavy (non-hydrogen) atoms. The van der Waals surface area contributed by atoms with Crippen LogP contribution in [0.3, 0.4) is 0 Å². The summed E-state index contributed by atoms with van der Waals surface area (Å²) in [6.45, 7) is 11.3. The zero-order valence-corrected chi connectivity index (χ0v) is 54.0. The summed E-state index contributed by atoms with van der Waals surface area (Å²) in [4.78, 5) is 9.97. The highest BCUT2D eigenvalue weighted by Crippen LogP contribution is 2.52. The molecule has 0 amide bonds. The van der Waals surface area contributed by atoms with Crippen molar-refractivity contribution < 1.29 is 13.3 Å². The molecule has 2 aliphatic rings. The Morgan fingerprint density at radius 1 is 0.312 bits per heavy atom. The number of hydrogen-bond acceptors (Lipinski definition) is 7. The van der Waals surface area contributed by atoms with Crippen LogP contribution in [0.4, 0.5) is 68.2 Å². The van der Waals surface area contributed by atoms with E-state index in [1.807, 2.05) is 36.4 Å². The molecule has 0 fully saturated rings. The van der Waals surface area contributed by atoms with Gasteiger partial charge in [0.15, 0.2) is 0 Å². The van der Waals surface area contributed by atoms with Gasteiger partial charge in [-0.25, -0.2) is 0 Å². The van der Waals surface area contributed by atoms with Crippen molar-refractivity contribution in [1.29, 1.82) is 0 Å². The van der Waals surface area contributed by atoms with Gasteiger partial charge in [-0.05, 0) is 203 Å². The molecule has 0 radical (unpaired) electrons. The number of aryl methyl sites for hydroxylation is 2. The normalized spacial score (nSPS) is 12.6. The molecule has 0 unspecified atom stereocenters. The SMILES string of the molecule is Cc1cccc(C)c1N1c2cc(N(c3ccccc3)c3ccc4cc(-c5cc6ccccc6o5)ccc4c3)ccc2B2c3cc(C(C)(C)C)ccc3N(c3cc(-c4cc5ccccc5o4)cc(-c4cc5ccccc5o4)c3)c3cc(N(c4ccccc4)c4ccccc4)cc1c32. The van der Waals surface area contributed by atoms with Crippen molar-refractivity contribution in [2.75, 3.05) is 19.6 Å². The largest absolute Gasteiger partial charge is 0.456 e. The van der Waals surface area contributed by atoms with Gasteiger partial charge in [-0.3, -0.25) is 0 Å². The van der Waals surface area contributed by atoms with Gasteiger partial charge in [-0.15, -0.1) is 0 Å². The minimum atomic E-state index is -0.218. The molecule has 0 aliphatic carbocycles. The second-order valence-corrected chi connectivity index (χ2v) is 26.6. The van der Waals surface area contributed by atoms with Gasteiger partial charge in [0.25, 0.3) is 6.71 Å². The van der Waals surface area contributed by atoms with E-state index in [0.29, 0.717) is 0 Å². The fraction of sp³-hybridized carbons (Fsp3) is 0.0682. The molecule has 16 aromatic rings. The van der Waals surface area contributed by atoms with Crippen molar-refractivity contribution in [1.82, 2.24) is 0 Å². The number of hydrogen-bond donors (Lipinski definition) is 0. The van der Waals surface area contributed by atoms with Gasteiger partial charge >= 0.3 is 0 Å². The van der Waals surface area contributed by atoms with Crippen LogP contribution in [0.2, 0.25) is 0 Å². The molecular formula is C88H65BN4O3. The van der Waals surface area contributed by atoms with Crippen LogP contribution in [0.5, 0.6) is 0 Å². The molecule has 3 aromatic heterocycles. The highest BCUT2D eigenvalue weighted by atomic mass is 16.3. The van der Waals surface area contributed by atoms with Crippen molar-refractivity contribution in [3.05, 3.63) is 320 Å². The smallest absolute Gasteiger partial charge is 0.252 e. The number of fused-ring (bicyclic) bond motifs is 8. The lowest BCUT2D eigenvalue weighted by Crippen LogP contribution is -2.61. The van der Waals surface area contributed by atoms with Crippen LogP contribution in [0.1, 0.15) is 37.5 Å². The summed E-state index contributed by atoms with van der Waals surface area (Å²) in [6, 6.07) is 110. The van der Waals surface area contributed by atoms with Gasteiger partial charge in [0, 0.05) is 89.7 Å². The second-order valence-electron chi connectivity index (χ2n) is 26.6. The predicted molar refractivity (Wildman–Crippen MR) is 401 cm³/mol. The molecule has 458 valence electrons. The van der Waals surface area contributed by atoms with Crippen LogP contribution < -0.4 is 36.0 Å². The molecule has 8 heteroatoms. The summed E-state index contributed by atoms with van der Waals surface area (Å²) in [5.41, 5.74) is 25.2. The third kappa shape index (κ3) is 9.58. The number of furan rings is 3. The highest BCUT2D eigenvalue weighted by Gasteiger charge is 2.45. The average molecular weight is 1240 g/mol. The molecule has 5 heterocycles. The van der Waals surface area contributed by atoms with Crippen molar-refractivity contribution in [2.24, 2.45) is 0 Å². The molecule has 2 aliphatic heterocycles. The summed E-state index contributed by atoms with van der Waals surface area (Å²) in [7, 11) is 0. The predicted octanol–water partition coefficient (Wildman–Crippen LogP) is 23.0. The molecular weight excluding hydrogens is 1170 g/mol. The number of anilines is 12. The first-order chi connectivity index (χ1) is 47.0. The maximum Gasteiger partial charge on any atom is 0.252 e. The van der Waals surface area contributed by atoms with Crippen molar-refractivity contribution in [3.8, 4) is 34.0 Å². The summed E-state index contributed by atoms with van der Waals surface area (Å²) in [6.07, 6.45) is 0. The van der Waals surface area contributed by atoms with Crippen molar-refractivity contribution in [3.63, 3.8) is 0 Å². The molecule has 0 saturated heterocycles. The van der Waals surface area contributed by atoms with Gasteiger partial charge in [0.05, 0.1) is 11.4 Å². The van der Waals surface area contributed by atoms with Crippen molar-refractivity contribution in [2.45, 2.75) is 40.0 Å². The molecule has 13 aromatic carbocycles. The van der Waals surface area contributed by atoms with Gasteiger partial charge in [0.2, 0.25) is 0 Å². The van der Waals surface area contributed by atoms with E-state index >= 15 is 0 Å². The van der Waals surface area contributed by atoms with E-state index in [9.17, 15) is 0 Å². The molecule has 18 rings (SSSR count). The molecule has 0 N–H and O–H groups in total. The Labute approximate surface area is 558 Å². The third-order valence-electron chi connectivity index (χ3n) is 19.5. The average Bonchev–Trinajstić information content (AvgIpc) is 0.824. The Bertz CT molecular complexity index is 5470. The van der Waals surface area contributed by atoms with Crippen LogP contribution in [0, 0.1) is 13.8 Å². The fourth-order valence-corrected chi connectivity index (χ4v) is 14.9. The lowest BCUT2D eigenvalue weighted by atomic mass is 9.33. The summed E-state index contributed by atoms with van der Waals surface area (Å²) < 4.78 is 20.1. The van der Waals surface area contributed by atoms with Crippen LogP contribution >= 0.6 is 0 Å². The quantitative estimate of drug-likeness (QED) is 0.120. The van der Waals surface area contributed by atoms with E-state index in [4.69, 9.17) is 13.3 Å². The Morgan fingerprint density at radius 3 is 1.33 bits per heavy atom. The lowest BCUT2D eigenvalue weighted by molar-refractivity contribution is 0.591. The minimum Gasteiger partial charge on any atom is -0.456 e. The summed E-state index contributed by atoms with van der Waals surface area (Å²) >= 11 is 0. The molecule has 7 nitrogen and oxygen atoms in total. The van der Waals surface area contributed by atoms with E-state index in [1.165, 1.54) is 33.1 Å². The Hall–Kier alpha value is -12.0. The van der Waals surface area contributed by atoms with Crippen molar-refractivity contribution >= 4 is 135 Å². The van der Waals surface area contributed by atoms with Crippen LogP contribution in [-0.2, 0) is 5.41 Å². The summed E-state index contributed by atoms with van der Waals surface area (Å²) in [5, 5.41) is 5.43. The fourth-order valence-electron chi connectivity index (χ4n) is 14.9. The van der Waals surface area contributed by atoms with Crippen LogP contribution in [-0.4, -0.2) is 6.71 Å². The summed E-state index contributed by atoms with van der Waals surface area (Å²) in [5.74, 6) is 2.40.